The van der Waals surface area contributed by atoms with E-state index in [4.69, 9.17) is 0 Å². The highest BCUT2D eigenvalue weighted by atomic mass is 35.5. The normalized spacial score (nSPS) is 27.7. The second kappa shape index (κ2) is 6.32. The molecule has 0 unspecified atom stereocenters. The van der Waals surface area contributed by atoms with Gasteiger partial charge in [0.05, 0.1) is 0 Å². The lowest BCUT2D eigenvalue weighted by molar-refractivity contribution is -0.0378. The largest absolute Gasteiger partial charge is 0.347 e. The molecule has 0 spiro atoms. The lowest BCUT2D eigenvalue weighted by Gasteiger charge is -2.56. The van der Waals surface area contributed by atoms with Gasteiger partial charge < -0.3 is 5.32 Å². The van der Waals surface area contributed by atoms with E-state index >= 15 is 0 Å². The molecule has 3 aliphatic rings. The second-order valence-electron chi connectivity index (χ2n) is 7.56. The molecule has 0 radical (unpaired) electrons. The number of nitrogens with one attached hydrogen (secondary N) is 1. The smallest absolute Gasteiger partial charge is 0.251 e. The van der Waals surface area contributed by atoms with Gasteiger partial charge in [-0.1, -0.05) is 6.07 Å². The molecule has 24 heavy (non-hydrogen) atoms. The second-order valence-corrected chi connectivity index (χ2v) is 8.47. The number of carbonyl (C=O) groups is 1. The third-order valence-corrected chi connectivity index (χ3v) is 6.97. The number of hydrogen-bond donors (Lipinski definition) is 1. The molecule has 0 aliphatic carbocycles. The number of thiophene rings is 1. The van der Waals surface area contributed by atoms with Gasteiger partial charge in [-0.2, -0.15) is 0 Å². The van der Waals surface area contributed by atoms with Gasteiger partial charge in [-0.25, -0.2) is 0 Å². The fourth-order valence-electron chi connectivity index (χ4n) is 4.40. The average molecular weight is 365 g/mol. The Hall–Kier alpha value is -1.10. The molecule has 3 aliphatic heterocycles. The van der Waals surface area contributed by atoms with Crippen LogP contribution in [0.15, 0.2) is 23.6 Å². The summed E-state index contributed by atoms with van der Waals surface area (Å²) < 4.78 is 1.20. The Balaban J connectivity index is 0.00000169. The van der Waals surface area contributed by atoms with Gasteiger partial charge in [0, 0.05) is 21.8 Å². The Labute approximate surface area is 153 Å². The first-order chi connectivity index (χ1) is 11.0. The van der Waals surface area contributed by atoms with Crippen molar-refractivity contribution in [2.75, 3.05) is 13.1 Å². The maximum Gasteiger partial charge on any atom is 0.251 e. The number of nitrogens with zero attached hydrogens (tertiary/aromatic N) is 1. The van der Waals surface area contributed by atoms with E-state index in [-0.39, 0.29) is 29.9 Å². The van der Waals surface area contributed by atoms with Gasteiger partial charge >= 0.3 is 0 Å². The highest BCUT2D eigenvalue weighted by Gasteiger charge is 2.48. The maximum atomic E-state index is 12.8. The minimum atomic E-state index is 0. The zero-order chi connectivity index (χ0) is 16.2. The van der Waals surface area contributed by atoms with Crippen LogP contribution in [0.25, 0.3) is 10.1 Å². The maximum absolute atomic E-state index is 12.8. The number of amides is 1. The van der Waals surface area contributed by atoms with Crippen molar-refractivity contribution in [3.63, 3.8) is 0 Å². The Bertz CT molecular complexity index is 762. The number of piperidine rings is 3. The quantitative estimate of drug-likeness (QED) is 0.864. The van der Waals surface area contributed by atoms with Crippen molar-refractivity contribution in [1.29, 1.82) is 0 Å². The summed E-state index contributed by atoms with van der Waals surface area (Å²) in [4.78, 5) is 15.3. The van der Waals surface area contributed by atoms with Crippen LogP contribution in [0.5, 0.6) is 0 Å². The molecular formula is C19H25ClN2OS. The summed E-state index contributed by atoms with van der Waals surface area (Å²) in [6.07, 6.45) is 2.41. The zero-order valence-electron chi connectivity index (χ0n) is 14.5. The molecular weight excluding hydrogens is 340 g/mol. The molecule has 130 valence electrons. The van der Waals surface area contributed by atoms with E-state index in [1.807, 2.05) is 12.1 Å². The van der Waals surface area contributed by atoms with Crippen molar-refractivity contribution in [2.24, 2.45) is 5.92 Å². The zero-order valence-corrected chi connectivity index (χ0v) is 16.1. The van der Waals surface area contributed by atoms with Crippen LogP contribution in [0.1, 0.15) is 42.6 Å². The monoisotopic (exact) mass is 364 g/mol. The van der Waals surface area contributed by atoms with Crippen LogP contribution in [-0.4, -0.2) is 35.5 Å². The number of benzene rings is 1. The number of fused-ring (bicyclic) bond motifs is 4. The van der Waals surface area contributed by atoms with Crippen LogP contribution in [0.4, 0.5) is 0 Å². The summed E-state index contributed by atoms with van der Waals surface area (Å²) in [6.45, 7) is 9.01. The third kappa shape index (κ3) is 2.75. The molecule has 3 nitrogen and oxygen atoms in total. The van der Waals surface area contributed by atoms with Crippen LogP contribution < -0.4 is 5.32 Å². The number of carbonyl (C=O) groups excluding carboxylic acids is 1. The van der Waals surface area contributed by atoms with Crippen LogP contribution in [0, 0.1) is 12.8 Å². The van der Waals surface area contributed by atoms with Crippen molar-refractivity contribution in [3.8, 4) is 0 Å². The van der Waals surface area contributed by atoms with Gasteiger partial charge in [-0.15, -0.1) is 23.7 Å². The molecule has 1 amide bonds. The molecule has 5 rings (SSSR count). The molecule has 3 fully saturated rings. The van der Waals surface area contributed by atoms with Crippen LogP contribution in [0.2, 0.25) is 0 Å². The standard InChI is InChI=1S/C19H24N2OS.ClH/c1-12-11-23-16-10-14(4-5-15(12)16)18(22)20-17-13-6-8-21(9-7-13)19(17,2)3;/h4-5,10-11,13,17H,6-9H2,1-3H3,(H,20,22);1H/t17-;/m1./s1. The van der Waals surface area contributed by atoms with E-state index in [1.165, 1.54) is 41.6 Å². The first kappa shape index (κ1) is 17.7. The van der Waals surface area contributed by atoms with E-state index in [0.29, 0.717) is 5.92 Å². The predicted molar refractivity (Wildman–Crippen MR) is 103 cm³/mol. The first-order valence-electron chi connectivity index (χ1n) is 8.50. The van der Waals surface area contributed by atoms with Crippen molar-refractivity contribution in [1.82, 2.24) is 10.2 Å². The van der Waals surface area contributed by atoms with E-state index in [9.17, 15) is 4.79 Å². The SMILES string of the molecule is Cc1csc2cc(C(=O)N[C@@H]3C4CCN(CC4)C3(C)C)ccc12.Cl. The fraction of sp³-hybridized carbons (Fsp3) is 0.526. The van der Waals surface area contributed by atoms with E-state index in [1.54, 1.807) is 11.3 Å². The third-order valence-electron chi connectivity index (χ3n) is 5.91. The minimum absolute atomic E-state index is 0. The summed E-state index contributed by atoms with van der Waals surface area (Å²) in [7, 11) is 0. The number of hydrogen-bond acceptors (Lipinski definition) is 3. The van der Waals surface area contributed by atoms with Crippen molar-refractivity contribution < 1.29 is 4.79 Å². The summed E-state index contributed by atoms with van der Waals surface area (Å²) in [5.74, 6) is 0.691. The molecule has 1 atom stereocenters. The van der Waals surface area contributed by atoms with Gasteiger partial charge in [0.1, 0.15) is 0 Å². The van der Waals surface area contributed by atoms with Crippen LogP contribution >= 0.6 is 23.7 Å². The van der Waals surface area contributed by atoms with Crippen molar-refractivity contribution in [2.45, 2.75) is 45.2 Å². The van der Waals surface area contributed by atoms with Gasteiger partial charge in [0.15, 0.2) is 0 Å². The predicted octanol–water partition coefficient (Wildman–Crippen LogP) is 4.23. The van der Waals surface area contributed by atoms with Crippen LogP contribution in [-0.2, 0) is 0 Å². The average Bonchev–Trinajstić information content (AvgIpc) is 2.92. The Kier molecular flexibility index (Phi) is 4.67. The minimum Gasteiger partial charge on any atom is -0.347 e. The molecule has 5 heteroatoms. The highest BCUT2D eigenvalue weighted by Crippen LogP contribution is 2.39. The highest BCUT2D eigenvalue weighted by molar-refractivity contribution is 7.17. The van der Waals surface area contributed by atoms with Gasteiger partial charge in [-0.3, -0.25) is 9.69 Å². The number of halogens is 1. The molecule has 1 N–H and O–H groups in total. The lowest BCUT2D eigenvalue weighted by atomic mass is 9.72. The summed E-state index contributed by atoms with van der Waals surface area (Å²) in [6, 6.07) is 6.33. The molecule has 3 saturated heterocycles. The fourth-order valence-corrected chi connectivity index (χ4v) is 5.39. The van der Waals surface area contributed by atoms with Crippen molar-refractivity contribution >= 4 is 39.7 Å². The Morgan fingerprint density at radius 1 is 1.29 bits per heavy atom. The summed E-state index contributed by atoms with van der Waals surface area (Å²) in [5.41, 5.74) is 2.13. The first-order valence-corrected chi connectivity index (χ1v) is 9.38. The Morgan fingerprint density at radius 2 is 2.00 bits per heavy atom. The van der Waals surface area contributed by atoms with Gasteiger partial charge in [0.2, 0.25) is 0 Å². The molecule has 4 heterocycles. The number of rotatable bonds is 2. The molecule has 1 aromatic heterocycles. The molecule has 2 bridgehead atoms. The van der Waals surface area contributed by atoms with Crippen LogP contribution in [0.3, 0.4) is 0 Å². The molecule has 1 aromatic carbocycles. The topological polar surface area (TPSA) is 32.3 Å². The van der Waals surface area contributed by atoms with Gasteiger partial charge in [0.25, 0.3) is 5.91 Å². The lowest BCUT2D eigenvalue weighted by Crippen LogP contribution is -2.69. The van der Waals surface area contributed by atoms with E-state index in [2.05, 4.69) is 42.4 Å². The van der Waals surface area contributed by atoms with E-state index < -0.39 is 0 Å². The van der Waals surface area contributed by atoms with Gasteiger partial charge in [-0.05, 0) is 81.1 Å². The Morgan fingerprint density at radius 3 is 2.67 bits per heavy atom. The molecule has 0 saturated carbocycles. The van der Waals surface area contributed by atoms with E-state index in [0.717, 1.165) is 5.56 Å². The van der Waals surface area contributed by atoms with Crippen molar-refractivity contribution in [3.05, 3.63) is 34.7 Å². The number of aryl methyl sites for hydroxylation is 1. The summed E-state index contributed by atoms with van der Waals surface area (Å²) in [5, 5.41) is 6.77. The molecule has 2 aromatic rings. The summed E-state index contributed by atoms with van der Waals surface area (Å²) >= 11 is 1.72.